The van der Waals surface area contributed by atoms with Gasteiger partial charge in [-0.3, -0.25) is 4.79 Å². The van der Waals surface area contributed by atoms with Crippen molar-refractivity contribution in [3.8, 4) is 11.8 Å². The molecule has 14 heavy (non-hydrogen) atoms. The van der Waals surface area contributed by atoms with E-state index in [1.165, 1.54) is 0 Å². The largest absolute Gasteiger partial charge is 0.389 e. The maximum absolute atomic E-state index is 11.6. The van der Waals surface area contributed by atoms with Crippen LogP contribution in [-0.2, 0) is 4.79 Å². The summed E-state index contributed by atoms with van der Waals surface area (Å²) in [7, 11) is 0. The fourth-order valence-electron chi connectivity index (χ4n) is 1.57. The Morgan fingerprint density at radius 2 is 2.29 bits per heavy atom. The molecule has 1 N–H and O–H groups in total. The van der Waals surface area contributed by atoms with Gasteiger partial charge in [0.15, 0.2) is 0 Å². The fraction of sp³-hybridized carbons (Fsp3) is 0.583. The molecule has 2 nitrogen and oxygen atoms in total. The van der Waals surface area contributed by atoms with E-state index < -0.39 is 0 Å². The Labute approximate surface area is 85.0 Å². The predicted molar refractivity (Wildman–Crippen MR) is 55.6 cm³/mol. The lowest BCUT2D eigenvalue weighted by Crippen LogP contribution is -2.19. The second kappa shape index (κ2) is 5.62. The lowest BCUT2D eigenvalue weighted by Gasteiger charge is -2.17. The van der Waals surface area contributed by atoms with E-state index in [1.54, 1.807) is 13.0 Å². The quantitative estimate of drug-likeness (QED) is 0.545. The zero-order valence-electron chi connectivity index (χ0n) is 8.49. The number of aliphatic hydroxyl groups is 1. The van der Waals surface area contributed by atoms with E-state index >= 15 is 0 Å². The number of rotatable bonds is 3. The molecule has 1 aliphatic carbocycles. The molecule has 0 aromatic carbocycles. The number of aliphatic hydroxyl groups excluding tert-OH is 1. The Morgan fingerprint density at radius 1 is 1.50 bits per heavy atom. The van der Waals surface area contributed by atoms with Crippen molar-refractivity contribution in [1.29, 1.82) is 0 Å². The minimum absolute atomic E-state index is 0.0112. The number of ketones is 1. The van der Waals surface area contributed by atoms with E-state index in [0.717, 1.165) is 6.42 Å². The molecular formula is C12H16O2. The number of allylic oxidation sites excluding steroid dienone is 1. The van der Waals surface area contributed by atoms with Gasteiger partial charge in [-0.25, -0.2) is 0 Å². The predicted octanol–water partition coefficient (Wildman–Crippen LogP) is 1.69. The van der Waals surface area contributed by atoms with Gasteiger partial charge in [0.1, 0.15) is 5.78 Å². The minimum Gasteiger partial charge on any atom is -0.389 e. The second-order valence-corrected chi connectivity index (χ2v) is 3.53. The highest BCUT2D eigenvalue weighted by atomic mass is 16.3. The molecule has 0 radical (unpaired) electrons. The maximum atomic E-state index is 11.6. The first-order valence-electron chi connectivity index (χ1n) is 5.02. The number of hydrogen-bond acceptors (Lipinski definition) is 2. The molecule has 0 saturated carbocycles. The molecule has 0 aromatic heterocycles. The summed E-state index contributed by atoms with van der Waals surface area (Å²) in [6.07, 6.45) is 5.86. The topological polar surface area (TPSA) is 37.3 Å². The summed E-state index contributed by atoms with van der Waals surface area (Å²) < 4.78 is 0. The maximum Gasteiger partial charge on any atom is 0.140 e. The number of carbonyl (C=O) groups excluding carboxylic acids is 1. The van der Waals surface area contributed by atoms with Crippen molar-refractivity contribution < 1.29 is 9.90 Å². The Kier molecular flexibility index (Phi) is 4.42. The molecule has 1 rings (SSSR count). The van der Waals surface area contributed by atoms with Gasteiger partial charge in [-0.15, -0.1) is 11.8 Å². The highest BCUT2D eigenvalue weighted by Gasteiger charge is 2.19. The van der Waals surface area contributed by atoms with Crippen LogP contribution in [0.4, 0.5) is 0 Å². The molecule has 0 aromatic rings. The van der Waals surface area contributed by atoms with Crippen LogP contribution in [0.5, 0.6) is 0 Å². The van der Waals surface area contributed by atoms with E-state index in [-0.39, 0.29) is 17.8 Å². The lowest BCUT2D eigenvalue weighted by atomic mass is 9.89. The van der Waals surface area contributed by atoms with Crippen LogP contribution in [0.25, 0.3) is 0 Å². The summed E-state index contributed by atoms with van der Waals surface area (Å²) >= 11 is 0. The fourth-order valence-corrected chi connectivity index (χ4v) is 1.57. The van der Waals surface area contributed by atoms with Crippen LogP contribution in [0.3, 0.4) is 0 Å². The molecule has 2 atom stereocenters. The normalized spacial score (nSPS) is 25.3. The van der Waals surface area contributed by atoms with E-state index in [4.69, 9.17) is 0 Å². The first-order valence-corrected chi connectivity index (χ1v) is 5.02. The third-order valence-corrected chi connectivity index (χ3v) is 2.43. The SMILES string of the molecule is CC#CCCC(=O)[C@@H]1C=CC(O)CC1. The highest BCUT2D eigenvalue weighted by Crippen LogP contribution is 2.19. The summed E-state index contributed by atoms with van der Waals surface area (Å²) in [5, 5.41) is 9.20. The van der Waals surface area contributed by atoms with Crippen molar-refractivity contribution in [2.45, 2.75) is 38.7 Å². The molecule has 0 saturated heterocycles. The molecular weight excluding hydrogens is 176 g/mol. The first-order chi connectivity index (χ1) is 6.74. The third-order valence-electron chi connectivity index (χ3n) is 2.43. The second-order valence-electron chi connectivity index (χ2n) is 3.53. The minimum atomic E-state index is -0.352. The van der Waals surface area contributed by atoms with E-state index in [1.807, 2.05) is 6.08 Å². The average molecular weight is 192 g/mol. The standard InChI is InChI=1S/C12H16O2/c1-2-3-4-5-12(14)10-6-8-11(13)9-7-10/h6,8,10-11,13H,4-5,7,9H2,1H3/t10-,11?/m1/s1. The third kappa shape index (κ3) is 3.35. The molecule has 0 amide bonds. The molecule has 0 fully saturated rings. The highest BCUT2D eigenvalue weighted by molar-refractivity contribution is 5.83. The van der Waals surface area contributed by atoms with Gasteiger partial charge < -0.3 is 5.11 Å². The van der Waals surface area contributed by atoms with Gasteiger partial charge >= 0.3 is 0 Å². The van der Waals surface area contributed by atoms with Gasteiger partial charge in [0.2, 0.25) is 0 Å². The number of hydrogen-bond donors (Lipinski definition) is 1. The molecule has 76 valence electrons. The van der Waals surface area contributed by atoms with E-state index in [0.29, 0.717) is 19.3 Å². The van der Waals surface area contributed by atoms with Gasteiger partial charge in [0, 0.05) is 18.8 Å². The summed E-state index contributed by atoms with van der Waals surface area (Å²) in [4.78, 5) is 11.6. The molecule has 0 spiro atoms. The van der Waals surface area contributed by atoms with E-state index in [9.17, 15) is 9.90 Å². The van der Waals surface area contributed by atoms with Crippen LogP contribution in [0, 0.1) is 17.8 Å². The van der Waals surface area contributed by atoms with Crippen LogP contribution < -0.4 is 0 Å². The summed E-state index contributed by atoms with van der Waals surface area (Å²) in [5.74, 6) is 5.91. The van der Waals surface area contributed by atoms with Gasteiger partial charge in [-0.1, -0.05) is 12.2 Å². The summed E-state index contributed by atoms with van der Waals surface area (Å²) in [6, 6.07) is 0. The van der Waals surface area contributed by atoms with Crippen molar-refractivity contribution >= 4 is 5.78 Å². The Balaban J connectivity index is 2.37. The molecule has 1 unspecified atom stereocenters. The van der Waals surface area contributed by atoms with Gasteiger partial charge in [0.25, 0.3) is 0 Å². The van der Waals surface area contributed by atoms with Gasteiger partial charge in [0.05, 0.1) is 6.10 Å². The number of Topliss-reactive ketones (excluding diaryl/α,β-unsaturated/α-hetero) is 1. The van der Waals surface area contributed by atoms with Crippen LogP contribution >= 0.6 is 0 Å². The Hall–Kier alpha value is -1.07. The first kappa shape index (κ1) is 11.0. The summed E-state index contributed by atoms with van der Waals surface area (Å²) in [5.41, 5.74) is 0. The van der Waals surface area contributed by atoms with E-state index in [2.05, 4.69) is 11.8 Å². The zero-order valence-corrected chi connectivity index (χ0v) is 8.49. The van der Waals surface area contributed by atoms with Crippen molar-refractivity contribution in [3.63, 3.8) is 0 Å². The zero-order chi connectivity index (χ0) is 10.4. The van der Waals surface area contributed by atoms with Gasteiger partial charge in [-0.05, 0) is 19.8 Å². The van der Waals surface area contributed by atoms with Crippen LogP contribution in [0.15, 0.2) is 12.2 Å². The Morgan fingerprint density at radius 3 is 2.86 bits per heavy atom. The average Bonchev–Trinajstić information content (AvgIpc) is 2.19. The van der Waals surface area contributed by atoms with Crippen molar-refractivity contribution in [2.75, 3.05) is 0 Å². The van der Waals surface area contributed by atoms with Crippen molar-refractivity contribution in [1.82, 2.24) is 0 Å². The molecule has 2 heteroatoms. The number of carbonyl (C=O) groups is 1. The van der Waals surface area contributed by atoms with Gasteiger partial charge in [-0.2, -0.15) is 0 Å². The summed E-state index contributed by atoms with van der Waals surface area (Å²) in [6.45, 7) is 1.78. The molecule has 0 heterocycles. The van der Waals surface area contributed by atoms with Crippen LogP contribution in [-0.4, -0.2) is 17.0 Å². The smallest absolute Gasteiger partial charge is 0.140 e. The van der Waals surface area contributed by atoms with Crippen LogP contribution in [0.1, 0.15) is 32.6 Å². The Bertz CT molecular complexity index is 280. The lowest BCUT2D eigenvalue weighted by molar-refractivity contribution is -0.121. The monoisotopic (exact) mass is 192 g/mol. The molecule has 0 aliphatic heterocycles. The van der Waals surface area contributed by atoms with Crippen molar-refractivity contribution in [2.24, 2.45) is 5.92 Å². The molecule has 0 bridgehead atoms. The molecule has 1 aliphatic rings. The van der Waals surface area contributed by atoms with Crippen molar-refractivity contribution in [3.05, 3.63) is 12.2 Å². The van der Waals surface area contributed by atoms with Crippen LogP contribution in [0.2, 0.25) is 0 Å².